The van der Waals surface area contributed by atoms with E-state index in [4.69, 9.17) is 10.6 Å². The number of carbonyl (C=O) groups is 1. The second-order valence-corrected chi connectivity index (χ2v) is 5.50. The van der Waals surface area contributed by atoms with Gasteiger partial charge in [-0.2, -0.15) is 0 Å². The third-order valence-electron chi connectivity index (χ3n) is 3.12. The van der Waals surface area contributed by atoms with Crippen LogP contribution in [0.3, 0.4) is 0 Å². The van der Waals surface area contributed by atoms with E-state index >= 15 is 0 Å². The van der Waals surface area contributed by atoms with Gasteiger partial charge in [0.2, 0.25) is 5.91 Å². The van der Waals surface area contributed by atoms with Crippen molar-refractivity contribution in [3.63, 3.8) is 0 Å². The molecule has 1 amide bonds. The molecule has 0 radical (unpaired) electrons. The van der Waals surface area contributed by atoms with Crippen molar-refractivity contribution < 1.29 is 9.63 Å². The lowest BCUT2D eigenvalue weighted by molar-refractivity contribution is -0.135. The van der Waals surface area contributed by atoms with E-state index in [0.29, 0.717) is 19.6 Å². The van der Waals surface area contributed by atoms with Gasteiger partial charge in [-0.05, 0) is 30.4 Å². The van der Waals surface area contributed by atoms with Gasteiger partial charge >= 0.3 is 0 Å². The summed E-state index contributed by atoms with van der Waals surface area (Å²) < 4.78 is 0. The predicted molar refractivity (Wildman–Crippen MR) is 76.1 cm³/mol. The minimum atomic E-state index is -0.0824. The Labute approximate surface area is 115 Å². The summed E-state index contributed by atoms with van der Waals surface area (Å²) in [4.78, 5) is 16.8. The number of carbonyl (C=O) groups excluding carboxylic acids is 1. The quantitative estimate of drug-likeness (QED) is 0.709. The van der Waals surface area contributed by atoms with E-state index in [-0.39, 0.29) is 11.3 Å². The minimum absolute atomic E-state index is 0.0824. The van der Waals surface area contributed by atoms with Crippen molar-refractivity contribution in [1.82, 2.24) is 5.48 Å². The summed E-state index contributed by atoms with van der Waals surface area (Å²) in [5.41, 5.74) is 9.15. The number of nitrogens with two attached hydrogens (primary N) is 1. The number of rotatable bonds is 8. The zero-order valence-electron chi connectivity index (χ0n) is 11.8. The third kappa shape index (κ3) is 6.94. The molecule has 0 aliphatic rings. The van der Waals surface area contributed by atoms with Crippen LogP contribution in [-0.4, -0.2) is 12.5 Å². The van der Waals surface area contributed by atoms with Crippen molar-refractivity contribution in [3.8, 4) is 0 Å². The average Bonchev–Trinajstić information content (AvgIpc) is 2.38. The molecule has 0 aliphatic heterocycles. The molecule has 0 saturated carbocycles. The number of hydrogen-bond donors (Lipinski definition) is 2. The van der Waals surface area contributed by atoms with Crippen LogP contribution in [0.5, 0.6) is 0 Å². The normalized spacial score (nSPS) is 11.3. The van der Waals surface area contributed by atoms with Crippen molar-refractivity contribution in [1.29, 1.82) is 0 Å². The minimum Gasteiger partial charge on any atom is -0.330 e. The van der Waals surface area contributed by atoms with Gasteiger partial charge < -0.3 is 5.73 Å². The van der Waals surface area contributed by atoms with Crippen LogP contribution in [0.2, 0.25) is 0 Å². The molecule has 1 aromatic rings. The summed E-state index contributed by atoms with van der Waals surface area (Å²) in [6.07, 6.45) is 2.19. The van der Waals surface area contributed by atoms with Crippen LogP contribution in [0.15, 0.2) is 30.3 Å². The van der Waals surface area contributed by atoms with Crippen LogP contribution in [0.25, 0.3) is 0 Å². The Morgan fingerprint density at radius 1 is 1.26 bits per heavy atom. The molecule has 106 valence electrons. The summed E-state index contributed by atoms with van der Waals surface area (Å²) in [7, 11) is 0. The highest BCUT2D eigenvalue weighted by atomic mass is 16.6. The maximum Gasteiger partial charge on any atom is 0.243 e. The molecule has 0 bridgehead atoms. The molecule has 1 aromatic carbocycles. The highest BCUT2D eigenvalue weighted by Gasteiger charge is 2.18. The van der Waals surface area contributed by atoms with Gasteiger partial charge in [-0.1, -0.05) is 44.2 Å². The van der Waals surface area contributed by atoms with Gasteiger partial charge in [-0.15, -0.1) is 0 Å². The second kappa shape index (κ2) is 7.92. The third-order valence-corrected chi connectivity index (χ3v) is 3.12. The maximum atomic E-state index is 11.6. The molecule has 4 nitrogen and oxygen atoms in total. The first kappa shape index (κ1) is 15.7. The molecule has 0 fully saturated rings. The predicted octanol–water partition coefficient (Wildman–Crippen LogP) is 2.39. The molecular formula is C15H24N2O2. The molecular weight excluding hydrogens is 240 g/mol. The van der Waals surface area contributed by atoms with Crippen molar-refractivity contribution in [2.75, 3.05) is 6.54 Å². The molecule has 0 spiro atoms. The Morgan fingerprint density at radius 2 is 1.95 bits per heavy atom. The molecule has 0 atom stereocenters. The van der Waals surface area contributed by atoms with Crippen molar-refractivity contribution in [2.24, 2.45) is 11.1 Å². The summed E-state index contributed by atoms with van der Waals surface area (Å²) >= 11 is 0. The molecule has 19 heavy (non-hydrogen) atoms. The van der Waals surface area contributed by atoms with Crippen molar-refractivity contribution in [3.05, 3.63) is 35.9 Å². The van der Waals surface area contributed by atoms with E-state index in [0.717, 1.165) is 18.4 Å². The fraction of sp³-hybridized carbons (Fsp3) is 0.533. The topological polar surface area (TPSA) is 64.4 Å². The lowest BCUT2D eigenvalue weighted by Crippen LogP contribution is -2.26. The monoisotopic (exact) mass is 264 g/mol. The fourth-order valence-electron chi connectivity index (χ4n) is 1.79. The van der Waals surface area contributed by atoms with Crippen LogP contribution < -0.4 is 11.2 Å². The van der Waals surface area contributed by atoms with Crippen LogP contribution in [0, 0.1) is 5.41 Å². The Balaban J connectivity index is 2.18. The second-order valence-electron chi connectivity index (χ2n) is 5.50. The first-order chi connectivity index (χ1) is 9.03. The summed E-state index contributed by atoms with van der Waals surface area (Å²) in [5.74, 6) is -0.0824. The molecule has 0 aromatic heterocycles. The van der Waals surface area contributed by atoms with Crippen molar-refractivity contribution in [2.45, 2.75) is 39.7 Å². The molecule has 0 unspecified atom stereocenters. The number of hydrogen-bond acceptors (Lipinski definition) is 3. The molecule has 0 aliphatic carbocycles. The molecule has 3 N–H and O–H groups in total. The zero-order chi connectivity index (χ0) is 14.1. The van der Waals surface area contributed by atoms with Gasteiger partial charge in [0.15, 0.2) is 0 Å². The zero-order valence-corrected chi connectivity index (χ0v) is 11.8. The summed E-state index contributed by atoms with van der Waals surface area (Å²) in [5, 5.41) is 0. The first-order valence-corrected chi connectivity index (χ1v) is 6.68. The lowest BCUT2D eigenvalue weighted by atomic mass is 9.84. The molecule has 1 rings (SSSR count). The van der Waals surface area contributed by atoms with E-state index in [1.54, 1.807) is 0 Å². The van der Waals surface area contributed by atoms with Crippen LogP contribution >= 0.6 is 0 Å². The number of nitrogens with one attached hydrogen (secondary N) is 1. The van der Waals surface area contributed by atoms with E-state index in [1.165, 1.54) is 0 Å². The summed E-state index contributed by atoms with van der Waals surface area (Å²) in [6, 6.07) is 9.74. The van der Waals surface area contributed by atoms with E-state index in [9.17, 15) is 4.79 Å². The van der Waals surface area contributed by atoms with Gasteiger partial charge in [0, 0.05) is 6.42 Å². The lowest BCUT2D eigenvalue weighted by Gasteiger charge is -2.23. The van der Waals surface area contributed by atoms with Gasteiger partial charge in [0.05, 0.1) is 6.61 Å². The number of hydroxylamine groups is 1. The Kier molecular flexibility index (Phi) is 6.53. The van der Waals surface area contributed by atoms with E-state index < -0.39 is 0 Å². The van der Waals surface area contributed by atoms with Gasteiger partial charge in [0.25, 0.3) is 0 Å². The standard InChI is InChI=1S/C15H24N2O2/c1-15(2,10-11-16)9-8-14(18)17-19-12-13-6-4-3-5-7-13/h3-7H,8-12,16H2,1-2H3,(H,17,18). The fourth-order valence-corrected chi connectivity index (χ4v) is 1.79. The average molecular weight is 264 g/mol. The first-order valence-electron chi connectivity index (χ1n) is 6.68. The summed E-state index contributed by atoms with van der Waals surface area (Å²) in [6.45, 7) is 5.29. The largest absolute Gasteiger partial charge is 0.330 e. The molecule has 4 heteroatoms. The van der Waals surface area contributed by atoms with Crippen LogP contribution in [-0.2, 0) is 16.2 Å². The van der Waals surface area contributed by atoms with Crippen LogP contribution in [0.4, 0.5) is 0 Å². The number of amides is 1. The molecule has 0 heterocycles. The highest BCUT2D eigenvalue weighted by Crippen LogP contribution is 2.25. The maximum absolute atomic E-state index is 11.6. The Bertz CT molecular complexity index is 377. The SMILES string of the molecule is CC(C)(CCN)CCC(=O)NOCc1ccccc1. The van der Waals surface area contributed by atoms with Gasteiger partial charge in [-0.25, -0.2) is 5.48 Å². The van der Waals surface area contributed by atoms with Gasteiger partial charge in [0.1, 0.15) is 0 Å². The van der Waals surface area contributed by atoms with E-state index in [1.807, 2.05) is 30.3 Å². The van der Waals surface area contributed by atoms with E-state index in [2.05, 4.69) is 19.3 Å². The van der Waals surface area contributed by atoms with Crippen LogP contribution in [0.1, 0.15) is 38.7 Å². The van der Waals surface area contributed by atoms with Gasteiger partial charge in [-0.3, -0.25) is 9.63 Å². The Hall–Kier alpha value is -1.39. The highest BCUT2D eigenvalue weighted by molar-refractivity contribution is 5.74. The Morgan fingerprint density at radius 3 is 2.58 bits per heavy atom. The molecule has 0 saturated heterocycles. The number of benzene rings is 1. The smallest absolute Gasteiger partial charge is 0.243 e. The van der Waals surface area contributed by atoms with Crippen molar-refractivity contribution >= 4 is 5.91 Å².